The van der Waals surface area contributed by atoms with Gasteiger partial charge in [-0.05, 0) is 80.2 Å². The van der Waals surface area contributed by atoms with Gasteiger partial charge >= 0.3 is 0 Å². The Kier molecular flexibility index (Phi) is 7.46. The summed E-state index contributed by atoms with van der Waals surface area (Å²) in [5, 5.41) is 16.8. The molecule has 8 heteroatoms. The number of carbonyl (C=O) groups is 1. The number of carbonyl (C=O) groups excluding carboxylic acids is 1. The lowest BCUT2D eigenvalue weighted by Gasteiger charge is -2.16. The molecule has 0 heterocycles. The molecule has 0 aliphatic carbocycles. The molecule has 5 nitrogen and oxygen atoms in total. The molecule has 25 heavy (non-hydrogen) atoms. The van der Waals surface area contributed by atoms with Gasteiger partial charge in [0.25, 0.3) is 5.91 Å². The number of aromatic hydroxyl groups is 1. The van der Waals surface area contributed by atoms with Crippen molar-refractivity contribution in [1.29, 1.82) is 0 Å². The minimum Gasteiger partial charge on any atom is -0.506 e. The zero-order valence-electron chi connectivity index (χ0n) is 13.3. The van der Waals surface area contributed by atoms with Crippen molar-refractivity contribution in [3.05, 3.63) is 55.4 Å². The van der Waals surface area contributed by atoms with Crippen LogP contribution < -0.4 is 10.7 Å². The normalized spacial score (nSPS) is 12.2. The SMILES string of the molecule is CCC(Nc1ccc(Br)cc1)C(=O)N/N=C/c1cc(Br)c(O)c(Br)c1. The Labute approximate surface area is 171 Å². The van der Waals surface area contributed by atoms with Crippen molar-refractivity contribution in [2.24, 2.45) is 5.10 Å². The molecule has 0 saturated heterocycles. The summed E-state index contributed by atoms with van der Waals surface area (Å²) in [7, 11) is 0. The van der Waals surface area contributed by atoms with Crippen molar-refractivity contribution in [3.8, 4) is 5.75 Å². The quantitative estimate of drug-likeness (QED) is 0.360. The molecular weight excluding hydrogens is 518 g/mol. The van der Waals surface area contributed by atoms with Gasteiger partial charge in [0.15, 0.2) is 0 Å². The molecule has 1 unspecified atom stereocenters. The number of hydrazone groups is 1. The number of nitrogens with one attached hydrogen (secondary N) is 2. The van der Waals surface area contributed by atoms with Gasteiger partial charge in [-0.2, -0.15) is 5.10 Å². The molecule has 0 bridgehead atoms. The molecule has 2 rings (SSSR count). The molecule has 0 spiro atoms. The molecule has 0 radical (unpaired) electrons. The van der Waals surface area contributed by atoms with Gasteiger partial charge in [-0.25, -0.2) is 5.43 Å². The molecule has 2 aromatic rings. The molecular formula is C17H16Br3N3O2. The van der Waals surface area contributed by atoms with Crippen LogP contribution in [0.25, 0.3) is 0 Å². The molecule has 1 atom stereocenters. The summed E-state index contributed by atoms with van der Waals surface area (Å²) in [6.45, 7) is 1.92. The number of rotatable bonds is 6. The molecule has 2 aromatic carbocycles. The van der Waals surface area contributed by atoms with Gasteiger partial charge < -0.3 is 10.4 Å². The number of hydrogen-bond donors (Lipinski definition) is 3. The van der Waals surface area contributed by atoms with E-state index in [1.54, 1.807) is 12.1 Å². The van der Waals surface area contributed by atoms with E-state index in [0.717, 1.165) is 15.7 Å². The van der Waals surface area contributed by atoms with Crippen molar-refractivity contribution >= 4 is 65.6 Å². The van der Waals surface area contributed by atoms with Gasteiger partial charge in [-0.15, -0.1) is 0 Å². The molecule has 0 saturated carbocycles. The van der Waals surface area contributed by atoms with E-state index in [0.29, 0.717) is 15.4 Å². The zero-order valence-corrected chi connectivity index (χ0v) is 18.0. The van der Waals surface area contributed by atoms with Crippen LogP contribution in [0.4, 0.5) is 5.69 Å². The summed E-state index contributed by atoms with van der Waals surface area (Å²) in [6, 6.07) is 10.6. The maximum Gasteiger partial charge on any atom is 0.262 e. The Balaban J connectivity index is 1.98. The Morgan fingerprint density at radius 3 is 2.36 bits per heavy atom. The number of hydrogen-bond acceptors (Lipinski definition) is 4. The van der Waals surface area contributed by atoms with Crippen LogP contribution >= 0.6 is 47.8 Å². The zero-order chi connectivity index (χ0) is 18.4. The van der Waals surface area contributed by atoms with E-state index in [9.17, 15) is 9.90 Å². The molecule has 0 fully saturated rings. The van der Waals surface area contributed by atoms with Crippen molar-refractivity contribution in [3.63, 3.8) is 0 Å². The second kappa shape index (κ2) is 9.35. The minimum absolute atomic E-state index is 0.117. The van der Waals surface area contributed by atoms with Crippen LogP contribution in [-0.2, 0) is 4.79 Å². The van der Waals surface area contributed by atoms with Crippen LogP contribution in [0.1, 0.15) is 18.9 Å². The number of amides is 1. The molecule has 0 aromatic heterocycles. The van der Waals surface area contributed by atoms with Crippen LogP contribution in [0, 0.1) is 0 Å². The average molecular weight is 534 g/mol. The number of halogens is 3. The van der Waals surface area contributed by atoms with Gasteiger partial charge in [0.2, 0.25) is 0 Å². The van der Waals surface area contributed by atoms with Gasteiger partial charge in [-0.1, -0.05) is 22.9 Å². The van der Waals surface area contributed by atoms with E-state index in [1.165, 1.54) is 6.21 Å². The minimum atomic E-state index is -0.392. The van der Waals surface area contributed by atoms with Gasteiger partial charge in [0.1, 0.15) is 11.8 Å². The lowest BCUT2D eigenvalue weighted by Crippen LogP contribution is -2.36. The van der Waals surface area contributed by atoms with E-state index >= 15 is 0 Å². The Hall–Kier alpha value is -1.38. The molecule has 132 valence electrons. The summed E-state index contributed by atoms with van der Waals surface area (Å²) in [5.41, 5.74) is 4.12. The summed E-state index contributed by atoms with van der Waals surface area (Å²) < 4.78 is 2.06. The summed E-state index contributed by atoms with van der Waals surface area (Å²) in [6.07, 6.45) is 2.13. The Morgan fingerprint density at radius 1 is 1.20 bits per heavy atom. The topological polar surface area (TPSA) is 73.7 Å². The van der Waals surface area contributed by atoms with Crippen molar-refractivity contribution in [2.75, 3.05) is 5.32 Å². The van der Waals surface area contributed by atoms with Crippen molar-refractivity contribution in [1.82, 2.24) is 5.43 Å². The largest absolute Gasteiger partial charge is 0.506 e. The first-order chi connectivity index (χ1) is 11.9. The fourth-order valence-corrected chi connectivity index (χ4v) is 3.49. The van der Waals surface area contributed by atoms with E-state index in [-0.39, 0.29) is 11.7 Å². The van der Waals surface area contributed by atoms with Gasteiger partial charge in [0.05, 0.1) is 15.2 Å². The van der Waals surface area contributed by atoms with Crippen LogP contribution in [0.15, 0.2) is 54.9 Å². The highest BCUT2D eigenvalue weighted by Crippen LogP contribution is 2.32. The Morgan fingerprint density at radius 2 is 1.80 bits per heavy atom. The highest BCUT2D eigenvalue weighted by atomic mass is 79.9. The highest BCUT2D eigenvalue weighted by molar-refractivity contribution is 9.11. The summed E-state index contributed by atoms with van der Waals surface area (Å²) in [5.74, 6) is -0.107. The van der Waals surface area contributed by atoms with Gasteiger partial charge in [-0.3, -0.25) is 4.79 Å². The molecule has 0 aliphatic rings. The first kappa shape index (κ1) is 19.9. The summed E-state index contributed by atoms with van der Waals surface area (Å²) in [4.78, 5) is 12.3. The van der Waals surface area contributed by atoms with Crippen molar-refractivity contribution in [2.45, 2.75) is 19.4 Å². The highest BCUT2D eigenvalue weighted by Gasteiger charge is 2.15. The van der Waals surface area contributed by atoms with E-state index in [2.05, 4.69) is 63.6 Å². The smallest absolute Gasteiger partial charge is 0.262 e. The number of phenols is 1. The number of benzene rings is 2. The third-order valence-corrected chi connectivity index (χ3v) is 5.08. The fraction of sp³-hybridized carbons (Fsp3) is 0.176. The maximum atomic E-state index is 12.3. The van der Waals surface area contributed by atoms with Crippen LogP contribution in [0.5, 0.6) is 5.75 Å². The summed E-state index contributed by atoms with van der Waals surface area (Å²) >= 11 is 9.88. The standard InChI is InChI=1S/C17H16Br3N3O2/c1-2-15(22-12-5-3-11(18)4-6-12)17(25)23-21-9-10-7-13(19)16(24)14(20)8-10/h3-9,15,22,24H,2H2,1H3,(H,23,25)/b21-9+. The van der Waals surface area contributed by atoms with Crippen LogP contribution in [-0.4, -0.2) is 23.3 Å². The number of anilines is 1. The molecule has 1 amide bonds. The number of nitrogens with zero attached hydrogens (tertiary/aromatic N) is 1. The third-order valence-electron chi connectivity index (χ3n) is 3.34. The first-order valence-corrected chi connectivity index (χ1v) is 9.81. The molecule has 3 N–H and O–H groups in total. The van der Waals surface area contributed by atoms with Gasteiger partial charge in [0, 0.05) is 10.2 Å². The van der Waals surface area contributed by atoms with Crippen LogP contribution in [0.2, 0.25) is 0 Å². The van der Waals surface area contributed by atoms with E-state index < -0.39 is 6.04 Å². The first-order valence-electron chi connectivity index (χ1n) is 7.43. The third kappa shape index (κ3) is 5.83. The second-order valence-electron chi connectivity index (χ2n) is 5.18. The maximum absolute atomic E-state index is 12.3. The second-order valence-corrected chi connectivity index (χ2v) is 7.80. The predicted molar refractivity (Wildman–Crippen MR) is 111 cm³/mol. The van der Waals surface area contributed by atoms with E-state index in [4.69, 9.17) is 0 Å². The lowest BCUT2D eigenvalue weighted by molar-refractivity contribution is -0.121. The van der Waals surface area contributed by atoms with Crippen molar-refractivity contribution < 1.29 is 9.90 Å². The van der Waals surface area contributed by atoms with Crippen LogP contribution in [0.3, 0.4) is 0 Å². The number of phenolic OH excluding ortho intramolecular Hbond substituents is 1. The Bertz CT molecular complexity index is 756. The van der Waals surface area contributed by atoms with E-state index in [1.807, 2.05) is 31.2 Å². The lowest BCUT2D eigenvalue weighted by atomic mass is 10.2. The molecule has 0 aliphatic heterocycles. The predicted octanol–water partition coefficient (Wildman–Crippen LogP) is 5.02. The average Bonchev–Trinajstić information content (AvgIpc) is 2.59. The fourth-order valence-electron chi connectivity index (χ4n) is 2.01. The monoisotopic (exact) mass is 531 g/mol.